The topological polar surface area (TPSA) is 172 Å². The van der Waals surface area contributed by atoms with Crippen LogP contribution in [0.25, 0.3) is 0 Å². The summed E-state index contributed by atoms with van der Waals surface area (Å²) in [5, 5.41) is 42.7. The lowest BCUT2D eigenvalue weighted by atomic mass is 9.95. The van der Waals surface area contributed by atoms with Crippen molar-refractivity contribution in [2.45, 2.75) is 6.92 Å². The molecule has 5 N–H and O–H groups in total. The van der Waals surface area contributed by atoms with Crippen molar-refractivity contribution in [3.8, 4) is 23.0 Å². The van der Waals surface area contributed by atoms with E-state index in [0.29, 0.717) is 23.0 Å². The van der Waals surface area contributed by atoms with Crippen LogP contribution in [0, 0.1) is 5.41 Å². The molecule has 0 heterocycles. The largest absolute Gasteiger partial charge is 0.493 e. The quantitative estimate of drug-likeness (QED) is 0.351. The van der Waals surface area contributed by atoms with E-state index in [4.69, 9.17) is 44.5 Å². The molecule has 0 aliphatic rings. The normalized spacial score (nSPS) is 10.0. The van der Waals surface area contributed by atoms with Crippen LogP contribution in [-0.2, 0) is 0 Å². The first-order valence-corrected chi connectivity index (χ1v) is 9.79. The van der Waals surface area contributed by atoms with E-state index in [-0.39, 0.29) is 30.9 Å². The van der Waals surface area contributed by atoms with Gasteiger partial charge in [-0.25, -0.2) is 9.59 Å². The number of carboxylic acids is 2. The van der Waals surface area contributed by atoms with Gasteiger partial charge < -0.3 is 44.5 Å². The summed E-state index contributed by atoms with van der Waals surface area (Å²) in [6.07, 6.45) is 0. The monoisotopic (exact) mass is 484 g/mol. The maximum Gasteiger partial charge on any atom is 0.335 e. The van der Waals surface area contributed by atoms with Crippen LogP contribution >= 0.6 is 0 Å². The maximum absolute atomic E-state index is 10.6. The maximum atomic E-state index is 10.6. The minimum Gasteiger partial charge on any atom is -0.493 e. The molecule has 11 nitrogen and oxygen atoms in total. The molecule has 0 atom stereocenters. The Balaban J connectivity index is 0.000000497. The lowest BCUT2D eigenvalue weighted by Crippen LogP contribution is -2.29. The van der Waals surface area contributed by atoms with E-state index in [1.165, 1.54) is 52.7 Å². The molecule has 0 saturated carbocycles. The first kappa shape index (κ1) is 30.5. The summed E-state index contributed by atoms with van der Waals surface area (Å²) in [5.41, 5.74) is -0.352. The number of aromatic carboxylic acids is 2. The Morgan fingerprint density at radius 3 is 1.12 bits per heavy atom. The molecule has 0 saturated heterocycles. The van der Waals surface area contributed by atoms with Crippen LogP contribution in [0.3, 0.4) is 0 Å². The standard InChI is InChI=1S/2C9H10O4.C5H12O3/c2*1-12-7-4-3-6(9(10)11)5-8(7)13-2;1-5(2-6,3-7)4-8/h2*3-5H,1-2H3,(H,10,11);6-8H,2-4H2,1H3. The highest BCUT2D eigenvalue weighted by molar-refractivity contribution is 5.89. The molecular formula is C23H32O11. The van der Waals surface area contributed by atoms with E-state index in [1.54, 1.807) is 19.1 Å². The Morgan fingerprint density at radius 2 is 0.941 bits per heavy atom. The number of carbonyl (C=O) groups is 2. The third-order valence-electron chi connectivity index (χ3n) is 4.41. The Bertz CT molecular complexity index is 834. The number of hydrogen-bond donors (Lipinski definition) is 5. The molecule has 2 rings (SSSR count). The summed E-state index contributed by atoms with van der Waals surface area (Å²) in [4.78, 5) is 21.1. The highest BCUT2D eigenvalue weighted by Gasteiger charge is 2.20. The first-order chi connectivity index (χ1) is 16.1. The zero-order valence-electron chi connectivity index (χ0n) is 19.8. The van der Waals surface area contributed by atoms with E-state index in [9.17, 15) is 9.59 Å². The van der Waals surface area contributed by atoms with Crippen molar-refractivity contribution in [2.24, 2.45) is 5.41 Å². The Labute approximate surface area is 197 Å². The molecule has 11 heteroatoms. The molecule has 2 aromatic rings. The third-order valence-corrected chi connectivity index (χ3v) is 4.41. The van der Waals surface area contributed by atoms with Crippen molar-refractivity contribution < 1.29 is 54.1 Å². The second kappa shape index (κ2) is 15.3. The van der Waals surface area contributed by atoms with Gasteiger partial charge in [0.2, 0.25) is 0 Å². The van der Waals surface area contributed by atoms with Crippen molar-refractivity contribution in [1.29, 1.82) is 0 Å². The molecule has 2 aromatic carbocycles. The highest BCUT2D eigenvalue weighted by atomic mass is 16.5. The van der Waals surface area contributed by atoms with Gasteiger partial charge in [-0.1, -0.05) is 6.92 Å². The zero-order valence-corrected chi connectivity index (χ0v) is 19.8. The Morgan fingerprint density at radius 1 is 0.647 bits per heavy atom. The number of benzene rings is 2. The number of hydrogen-bond acceptors (Lipinski definition) is 9. The first-order valence-electron chi connectivity index (χ1n) is 9.79. The molecule has 0 fully saturated rings. The molecule has 190 valence electrons. The van der Waals surface area contributed by atoms with Gasteiger partial charge in [0.15, 0.2) is 23.0 Å². The van der Waals surface area contributed by atoms with E-state index >= 15 is 0 Å². The number of carboxylic acid groups (broad SMARTS) is 2. The van der Waals surface area contributed by atoms with Crippen molar-refractivity contribution in [3.05, 3.63) is 47.5 Å². The fraction of sp³-hybridized carbons (Fsp3) is 0.391. The predicted octanol–water partition coefficient (Wildman–Crippen LogP) is 1.77. The summed E-state index contributed by atoms with van der Waals surface area (Å²) >= 11 is 0. The summed E-state index contributed by atoms with van der Waals surface area (Å²) in [5.74, 6) is -0.0910. The second-order valence-corrected chi connectivity index (χ2v) is 7.03. The van der Waals surface area contributed by atoms with Crippen molar-refractivity contribution in [3.63, 3.8) is 0 Å². The summed E-state index contributed by atoms with van der Waals surface area (Å²) in [6, 6.07) is 8.88. The minimum absolute atomic E-state index is 0.178. The molecule has 0 bridgehead atoms. The SMILES string of the molecule is CC(CO)(CO)CO.COc1ccc(C(=O)O)cc1OC.COc1ccc(C(=O)O)cc1OC. The van der Waals surface area contributed by atoms with E-state index in [0.717, 1.165) is 0 Å². The second-order valence-electron chi connectivity index (χ2n) is 7.03. The van der Waals surface area contributed by atoms with Crippen molar-refractivity contribution in [2.75, 3.05) is 48.3 Å². The van der Waals surface area contributed by atoms with Crippen LogP contribution in [0.4, 0.5) is 0 Å². The Kier molecular flexibility index (Phi) is 13.7. The van der Waals surface area contributed by atoms with Gasteiger partial charge in [0.25, 0.3) is 0 Å². The number of aliphatic hydroxyl groups excluding tert-OH is 3. The van der Waals surface area contributed by atoms with Crippen LogP contribution in [0.15, 0.2) is 36.4 Å². The molecule has 0 aliphatic heterocycles. The number of ether oxygens (including phenoxy) is 4. The molecule has 0 aliphatic carbocycles. The number of methoxy groups -OCH3 is 4. The van der Waals surface area contributed by atoms with E-state index < -0.39 is 17.4 Å². The molecular weight excluding hydrogens is 452 g/mol. The average Bonchev–Trinajstić information content (AvgIpc) is 2.87. The third kappa shape index (κ3) is 9.53. The van der Waals surface area contributed by atoms with Gasteiger partial charge >= 0.3 is 11.9 Å². The van der Waals surface area contributed by atoms with Gasteiger partial charge in [-0.3, -0.25) is 0 Å². The lowest BCUT2D eigenvalue weighted by Gasteiger charge is -2.20. The van der Waals surface area contributed by atoms with Gasteiger partial charge in [0.1, 0.15) is 0 Å². The van der Waals surface area contributed by atoms with Crippen LogP contribution in [0.2, 0.25) is 0 Å². The van der Waals surface area contributed by atoms with Gasteiger partial charge in [-0.15, -0.1) is 0 Å². The molecule has 0 aromatic heterocycles. The van der Waals surface area contributed by atoms with Gasteiger partial charge in [0.05, 0.1) is 59.4 Å². The van der Waals surface area contributed by atoms with Crippen LogP contribution in [0.5, 0.6) is 23.0 Å². The van der Waals surface area contributed by atoms with E-state index in [2.05, 4.69) is 0 Å². The average molecular weight is 484 g/mol. The number of rotatable bonds is 9. The lowest BCUT2D eigenvalue weighted by molar-refractivity contribution is 0.0200. The molecule has 0 unspecified atom stereocenters. The fourth-order valence-corrected chi connectivity index (χ4v) is 2.09. The van der Waals surface area contributed by atoms with Gasteiger partial charge in [-0.05, 0) is 36.4 Å². The molecule has 34 heavy (non-hydrogen) atoms. The number of aliphatic hydroxyl groups is 3. The molecule has 0 spiro atoms. The van der Waals surface area contributed by atoms with E-state index in [1.807, 2.05) is 0 Å². The molecule has 0 radical (unpaired) electrons. The van der Waals surface area contributed by atoms with Crippen LogP contribution in [-0.4, -0.2) is 85.7 Å². The highest BCUT2D eigenvalue weighted by Crippen LogP contribution is 2.28. The van der Waals surface area contributed by atoms with Crippen molar-refractivity contribution in [1.82, 2.24) is 0 Å². The smallest absolute Gasteiger partial charge is 0.335 e. The minimum atomic E-state index is -0.985. The predicted molar refractivity (Wildman–Crippen MR) is 122 cm³/mol. The molecule has 0 amide bonds. The van der Waals surface area contributed by atoms with Gasteiger partial charge in [-0.2, -0.15) is 0 Å². The summed E-state index contributed by atoms with van der Waals surface area (Å²) in [7, 11) is 5.92. The van der Waals surface area contributed by atoms with Crippen LogP contribution in [0.1, 0.15) is 27.6 Å². The zero-order chi connectivity index (χ0) is 26.3. The van der Waals surface area contributed by atoms with Crippen molar-refractivity contribution >= 4 is 11.9 Å². The summed E-state index contributed by atoms with van der Waals surface area (Å²) in [6.45, 7) is 1.06. The summed E-state index contributed by atoms with van der Waals surface area (Å²) < 4.78 is 19.8. The van der Waals surface area contributed by atoms with Gasteiger partial charge in [0, 0.05) is 5.41 Å². The fourth-order valence-electron chi connectivity index (χ4n) is 2.09. The Hall–Kier alpha value is -3.54. The van der Waals surface area contributed by atoms with Crippen LogP contribution < -0.4 is 18.9 Å².